The van der Waals surface area contributed by atoms with Crippen LogP contribution < -0.4 is 0 Å². The third-order valence-corrected chi connectivity index (χ3v) is 4.83. The second kappa shape index (κ2) is 7.27. The van der Waals surface area contributed by atoms with Gasteiger partial charge >= 0.3 is 12.0 Å². The zero-order chi connectivity index (χ0) is 19.6. The molecule has 0 amide bonds. The van der Waals surface area contributed by atoms with Crippen LogP contribution in [0.5, 0.6) is 0 Å². The van der Waals surface area contributed by atoms with Crippen LogP contribution in [0, 0.1) is 0 Å². The molecule has 28 heavy (non-hydrogen) atoms. The Bertz CT molecular complexity index is 970. The zero-order valence-electron chi connectivity index (χ0n) is 14.9. The molecule has 0 N–H and O–H groups in total. The number of aldehydes is 1. The molecule has 0 aromatic heterocycles. The van der Waals surface area contributed by atoms with E-state index < -0.39 is 17.9 Å². The molecule has 1 unspecified atom stereocenters. The minimum atomic E-state index is -2.44. The number of ether oxygens (including phenoxy) is 2. The van der Waals surface area contributed by atoms with E-state index in [1.54, 1.807) is 72.8 Å². The van der Waals surface area contributed by atoms with Crippen LogP contribution in [0.2, 0.25) is 0 Å². The second-order valence-corrected chi connectivity index (χ2v) is 6.50. The predicted molar refractivity (Wildman–Crippen MR) is 101 cm³/mol. The van der Waals surface area contributed by atoms with E-state index in [0.29, 0.717) is 23.0 Å². The van der Waals surface area contributed by atoms with Crippen molar-refractivity contribution in [3.63, 3.8) is 0 Å². The average Bonchev–Trinajstić information content (AvgIpc) is 2.98. The summed E-state index contributed by atoms with van der Waals surface area (Å²) in [6.07, 6.45) is -0.481. The quantitative estimate of drug-likeness (QED) is 0.466. The summed E-state index contributed by atoms with van der Waals surface area (Å²) in [4.78, 5) is 23.6. The first-order valence-corrected chi connectivity index (χ1v) is 8.88. The topological polar surface area (TPSA) is 52.6 Å². The van der Waals surface area contributed by atoms with Crippen LogP contribution in [0.1, 0.15) is 22.6 Å². The van der Waals surface area contributed by atoms with Crippen molar-refractivity contribution < 1.29 is 23.5 Å². The molecular formula is C23H17FO4. The zero-order valence-corrected chi connectivity index (χ0v) is 14.9. The number of hydrogen-bond acceptors (Lipinski definition) is 4. The van der Waals surface area contributed by atoms with E-state index in [-0.39, 0.29) is 17.7 Å². The van der Waals surface area contributed by atoms with Crippen molar-refractivity contribution in [1.82, 2.24) is 0 Å². The maximum atomic E-state index is 15.9. The summed E-state index contributed by atoms with van der Waals surface area (Å²) in [5.41, 5.74) is 2.55. The van der Waals surface area contributed by atoms with Crippen LogP contribution in [0.4, 0.5) is 9.18 Å². The Morgan fingerprint density at radius 1 is 0.893 bits per heavy atom. The highest BCUT2D eigenvalue weighted by Crippen LogP contribution is 2.50. The summed E-state index contributed by atoms with van der Waals surface area (Å²) in [6, 6.07) is 22.6. The maximum Gasteiger partial charge on any atom is 0.511 e. The van der Waals surface area contributed by atoms with E-state index in [0.717, 1.165) is 0 Å². The van der Waals surface area contributed by atoms with E-state index in [2.05, 4.69) is 0 Å². The summed E-state index contributed by atoms with van der Waals surface area (Å²) < 4.78 is 26.1. The molecule has 0 fully saturated rings. The third kappa shape index (κ3) is 3.05. The second-order valence-electron chi connectivity index (χ2n) is 6.50. The van der Waals surface area contributed by atoms with E-state index >= 15 is 4.39 Å². The third-order valence-electron chi connectivity index (χ3n) is 4.83. The molecule has 3 aromatic rings. The summed E-state index contributed by atoms with van der Waals surface area (Å²) in [6.45, 7) is -0.230. The van der Waals surface area contributed by atoms with Crippen LogP contribution in [-0.2, 0) is 20.1 Å². The Morgan fingerprint density at radius 2 is 1.43 bits per heavy atom. The van der Waals surface area contributed by atoms with Gasteiger partial charge in [-0.2, -0.15) is 4.39 Å². The fraction of sp³-hybridized carbons (Fsp3) is 0.130. The van der Waals surface area contributed by atoms with Gasteiger partial charge in [-0.3, -0.25) is 0 Å². The molecule has 3 aromatic carbocycles. The van der Waals surface area contributed by atoms with Crippen LogP contribution in [-0.4, -0.2) is 19.0 Å². The predicted octanol–water partition coefficient (Wildman–Crippen LogP) is 4.97. The van der Waals surface area contributed by atoms with Crippen molar-refractivity contribution in [3.05, 3.63) is 95.6 Å². The van der Waals surface area contributed by atoms with Gasteiger partial charge in [0.05, 0.1) is 5.92 Å². The lowest BCUT2D eigenvalue weighted by Gasteiger charge is -2.22. The molecule has 0 heterocycles. The number of halogens is 1. The number of fused-ring (bicyclic) bond motifs is 3. The fourth-order valence-corrected chi connectivity index (χ4v) is 3.47. The summed E-state index contributed by atoms with van der Waals surface area (Å²) in [5, 5.41) is 0. The first-order chi connectivity index (χ1) is 13.6. The molecule has 0 bridgehead atoms. The first-order valence-electron chi connectivity index (χ1n) is 8.88. The first kappa shape index (κ1) is 17.9. The van der Waals surface area contributed by atoms with Gasteiger partial charge in [0.1, 0.15) is 12.9 Å². The number of hydrogen-bond donors (Lipinski definition) is 0. The standard InChI is InChI=1S/C23H17FO4/c24-23(20-12-6-4-10-18(20)19-11-5-7-13-21(19)23)28-22(26)27-15-17(14-25)16-8-2-1-3-9-16/h1-14,17H,15H2. The van der Waals surface area contributed by atoms with Crippen molar-refractivity contribution in [2.24, 2.45) is 0 Å². The summed E-state index contributed by atoms with van der Waals surface area (Å²) in [5.74, 6) is -3.08. The van der Waals surface area contributed by atoms with Crippen LogP contribution in [0.3, 0.4) is 0 Å². The number of rotatable bonds is 5. The summed E-state index contributed by atoms with van der Waals surface area (Å²) >= 11 is 0. The molecular weight excluding hydrogens is 359 g/mol. The minimum absolute atomic E-state index is 0.230. The molecule has 0 spiro atoms. The summed E-state index contributed by atoms with van der Waals surface area (Å²) in [7, 11) is 0. The van der Waals surface area contributed by atoms with Crippen LogP contribution in [0.25, 0.3) is 11.1 Å². The van der Waals surface area contributed by atoms with Gasteiger partial charge in [0.15, 0.2) is 0 Å². The van der Waals surface area contributed by atoms with Gasteiger partial charge in [-0.15, -0.1) is 0 Å². The van der Waals surface area contributed by atoms with Crippen LogP contribution in [0.15, 0.2) is 78.9 Å². The van der Waals surface area contributed by atoms with Crippen LogP contribution >= 0.6 is 0 Å². The monoisotopic (exact) mass is 376 g/mol. The lowest BCUT2D eigenvalue weighted by atomic mass is 10.0. The molecule has 4 nitrogen and oxygen atoms in total. The van der Waals surface area contributed by atoms with Crippen molar-refractivity contribution in [2.45, 2.75) is 11.8 Å². The van der Waals surface area contributed by atoms with E-state index in [1.807, 2.05) is 6.07 Å². The van der Waals surface area contributed by atoms with Crippen molar-refractivity contribution >= 4 is 12.4 Å². The Morgan fingerprint density at radius 3 is 2.00 bits per heavy atom. The highest BCUT2D eigenvalue weighted by molar-refractivity contribution is 5.80. The van der Waals surface area contributed by atoms with Crippen molar-refractivity contribution in [3.8, 4) is 11.1 Å². The Labute approximate surface area is 161 Å². The fourth-order valence-electron chi connectivity index (χ4n) is 3.47. The lowest BCUT2D eigenvalue weighted by molar-refractivity contribution is -0.111. The van der Waals surface area contributed by atoms with Gasteiger partial charge in [0.2, 0.25) is 0 Å². The molecule has 0 aliphatic heterocycles. The number of benzene rings is 3. The van der Waals surface area contributed by atoms with E-state index in [4.69, 9.17) is 9.47 Å². The molecule has 0 saturated carbocycles. The van der Waals surface area contributed by atoms with Gasteiger partial charge in [0, 0.05) is 11.1 Å². The highest BCUT2D eigenvalue weighted by atomic mass is 19.2. The Hall–Kier alpha value is -3.47. The number of alkyl halides is 1. The van der Waals surface area contributed by atoms with Crippen molar-refractivity contribution in [1.29, 1.82) is 0 Å². The Kier molecular flexibility index (Phi) is 4.65. The SMILES string of the molecule is O=CC(COC(=O)OC1(F)c2ccccc2-c2ccccc21)c1ccccc1. The smallest absolute Gasteiger partial charge is 0.433 e. The molecule has 1 aliphatic rings. The molecule has 5 heteroatoms. The Balaban J connectivity index is 1.54. The molecule has 1 atom stereocenters. The molecule has 0 saturated heterocycles. The van der Waals surface area contributed by atoms with Gasteiger partial charge in [-0.05, 0) is 16.7 Å². The highest BCUT2D eigenvalue weighted by Gasteiger charge is 2.47. The number of carbonyl (C=O) groups is 2. The van der Waals surface area contributed by atoms with Gasteiger partial charge < -0.3 is 14.3 Å². The average molecular weight is 376 g/mol. The lowest BCUT2D eigenvalue weighted by Crippen LogP contribution is -2.28. The molecule has 0 radical (unpaired) electrons. The van der Waals surface area contributed by atoms with E-state index in [9.17, 15) is 9.59 Å². The maximum absolute atomic E-state index is 15.9. The molecule has 1 aliphatic carbocycles. The normalized spacial score (nSPS) is 14.5. The minimum Gasteiger partial charge on any atom is -0.433 e. The van der Waals surface area contributed by atoms with E-state index in [1.165, 1.54) is 0 Å². The largest absolute Gasteiger partial charge is 0.511 e. The van der Waals surface area contributed by atoms with Gasteiger partial charge in [-0.25, -0.2) is 4.79 Å². The van der Waals surface area contributed by atoms with Crippen molar-refractivity contribution in [2.75, 3.05) is 6.61 Å². The molecule has 140 valence electrons. The number of carbonyl (C=O) groups excluding carboxylic acids is 2. The molecule has 4 rings (SSSR count). The van der Waals surface area contributed by atoms with Gasteiger partial charge in [-0.1, -0.05) is 78.9 Å². The van der Waals surface area contributed by atoms with Gasteiger partial charge in [0.25, 0.3) is 0 Å².